The highest BCUT2D eigenvalue weighted by Crippen LogP contribution is 2.46. The Kier molecular flexibility index (Phi) is 5.31. The third-order valence-electron chi connectivity index (χ3n) is 9.52. The summed E-state index contributed by atoms with van der Waals surface area (Å²) in [6, 6.07) is 54.2. The molecular weight excluding hydrogens is 560 g/mol. The van der Waals surface area contributed by atoms with E-state index in [9.17, 15) is 0 Å². The van der Waals surface area contributed by atoms with Gasteiger partial charge in [-0.3, -0.25) is 0 Å². The van der Waals surface area contributed by atoms with Crippen LogP contribution in [0.25, 0.3) is 98.6 Å². The Morgan fingerprint density at radius 2 is 0.957 bits per heavy atom. The van der Waals surface area contributed by atoms with E-state index in [1.807, 2.05) is 12.3 Å². The lowest BCUT2D eigenvalue weighted by Crippen LogP contribution is -1.90. The molecule has 0 spiro atoms. The van der Waals surface area contributed by atoms with Crippen LogP contribution >= 0.6 is 0 Å². The van der Waals surface area contributed by atoms with Crippen molar-refractivity contribution >= 4 is 65.2 Å². The van der Waals surface area contributed by atoms with Crippen molar-refractivity contribution in [1.82, 2.24) is 0 Å². The van der Waals surface area contributed by atoms with Crippen LogP contribution in [0, 0.1) is 0 Å². The van der Waals surface area contributed by atoms with Gasteiger partial charge in [-0.2, -0.15) is 0 Å². The molecule has 0 saturated heterocycles. The van der Waals surface area contributed by atoms with Gasteiger partial charge in [0.1, 0.15) is 16.7 Å². The predicted octanol–water partition coefficient (Wildman–Crippen LogP) is 12.8. The minimum atomic E-state index is 0.826. The van der Waals surface area contributed by atoms with Gasteiger partial charge in [-0.1, -0.05) is 121 Å². The molecular formula is C44H26O2. The Balaban J connectivity index is 1.24. The van der Waals surface area contributed by atoms with Crippen molar-refractivity contribution in [3.63, 3.8) is 0 Å². The summed E-state index contributed by atoms with van der Waals surface area (Å²) in [5.41, 5.74) is 9.55. The average molecular weight is 587 g/mol. The Labute approximate surface area is 264 Å². The molecule has 0 aliphatic rings. The zero-order valence-electron chi connectivity index (χ0n) is 24.8. The van der Waals surface area contributed by atoms with E-state index in [0.29, 0.717) is 0 Å². The summed E-state index contributed by atoms with van der Waals surface area (Å²) >= 11 is 0. The number of furan rings is 2. The van der Waals surface area contributed by atoms with Crippen LogP contribution in [0.5, 0.6) is 0 Å². The molecule has 0 bridgehead atoms. The molecule has 0 unspecified atom stereocenters. The van der Waals surface area contributed by atoms with Gasteiger partial charge in [0.25, 0.3) is 0 Å². The van der Waals surface area contributed by atoms with E-state index in [2.05, 4.69) is 146 Å². The molecule has 0 fully saturated rings. The number of fused-ring (bicyclic) bond motifs is 8. The van der Waals surface area contributed by atoms with Crippen LogP contribution in [0.1, 0.15) is 0 Å². The molecule has 46 heavy (non-hydrogen) atoms. The van der Waals surface area contributed by atoms with E-state index in [-0.39, 0.29) is 0 Å². The molecule has 0 aliphatic carbocycles. The highest BCUT2D eigenvalue weighted by atomic mass is 16.3. The molecule has 214 valence electrons. The van der Waals surface area contributed by atoms with Crippen LogP contribution in [0.2, 0.25) is 0 Å². The summed E-state index contributed by atoms with van der Waals surface area (Å²) in [6.45, 7) is 0. The highest BCUT2D eigenvalue weighted by Gasteiger charge is 2.20. The van der Waals surface area contributed by atoms with Gasteiger partial charge < -0.3 is 8.83 Å². The first-order chi connectivity index (χ1) is 22.8. The van der Waals surface area contributed by atoms with Crippen LogP contribution in [-0.2, 0) is 0 Å². The molecule has 0 N–H and O–H groups in total. The standard InChI is InChI=1S/C44H26O2/c1-2-11-28(12-3-1)38-26-45-39-23-22-37-32-21-20-31(25-40(32)46-44(37)43(38)39)42-35-16-8-6-14-33(35)41(34-15-7-9-17-36(34)42)30-19-18-27-10-4-5-13-29(27)24-30/h1-26H. The predicted molar refractivity (Wildman–Crippen MR) is 192 cm³/mol. The second kappa shape index (κ2) is 9.69. The van der Waals surface area contributed by atoms with Gasteiger partial charge in [0.2, 0.25) is 0 Å². The van der Waals surface area contributed by atoms with E-state index < -0.39 is 0 Å². The Morgan fingerprint density at radius 1 is 0.370 bits per heavy atom. The lowest BCUT2D eigenvalue weighted by atomic mass is 9.85. The molecule has 2 aromatic heterocycles. The molecule has 2 nitrogen and oxygen atoms in total. The molecule has 10 aromatic rings. The SMILES string of the molecule is c1ccc(-c2coc3ccc4c5ccc(-c6c7ccccc7c(-c7ccc8ccccc8c7)c7ccccc67)cc5oc4c23)cc1. The quantitative estimate of drug-likeness (QED) is 0.193. The van der Waals surface area contributed by atoms with E-state index in [0.717, 1.165) is 49.6 Å². The van der Waals surface area contributed by atoms with Crippen LogP contribution in [-0.4, -0.2) is 0 Å². The first-order valence-corrected chi connectivity index (χ1v) is 15.7. The monoisotopic (exact) mass is 586 g/mol. The normalized spacial score (nSPS) is 11.9. The third kappa shape index (κ3) is 3.65. The van der Waals surface area contributed by atoms with Gasteiger partial charge in [0.05, 0.1) is 11.6 Å². The molecule has 2 heteroatoms. The summed E-state index contributed by atoms with van der Waals surface area (Å²) < 4.78 is 12.8. The molecule has 0 atom stereocenters. The summed E-state index contributed by atoms with van der Waals surface area (Å²) in [5.74, 6) is 0. The summed E-state index contributed by atoms with van der Waals surface area (Å²) in [5, 5.41) is 10.6. The smallest absolute Gasteiger partial charge is 0.147 e. The minimum Gasteiger partial charge on any atom is -0.464 e. The Hall–Kier alpha value is -6.12. The van der Waals surface area contributed by atoms with Gasteiger partial charge in [-0.05, 0) is 90.5 Å². The van der Waals surface area contributed by atoms with E-state index in [1.165, 1.54) is 49.0 Å². The van der Waals surface area contributed by atoms with Gasteiger partial charge in [0.15, 0.2) is 0 Å². The largest absolute Gasteiger partial charge is 0.464 e. The molecule has 0 aliphatic heterocycles. The van der Waals surface area contributed by atoms with Gasteiger partial charge in [-0.15, -0.1) is 0 Å². The number of benzene rings is 8. The van der Waals surface area contributed by atoms with Crippen LogP contribution in [0.3, 0.4) is 0 Å². The van der Waals surface area contributed by atoms with Gasteiger partial charge in [-0.25, -0.2) is 0 Å². The molecule has 0 amide bonds. The average Bonchev–Trinajstić information content (AvgIpc) is 3.72. The maximum Gasteiger partial charge on any atom is 0.147 e. The van der Waals surface area contributed by atoms with E-state index >= 15 is 0 Å². The van der Waals surface area contributed by atoms with E-state index in [1.54, 1.807) is 0 Å². The molecule has 8 aromatic carbocycles. The van der Waals surface area contributed by atoms with Crippen molar-refractivity contribution in [2.24, 2.45) is 0 Å². The van der Waals surface area contributed by atoms with Crippen molar-refractivity contribution < 1.29 is 8.83 Å². The van der Waals surface area contributed by atoms with E-state index in [4.69, 9.17) is 8.83 Å². The van der Waals surface area contributed by atoms with Gasteiger partial charge >= 0.3 is 0 Å². The van der Waals surface area contributed by atoms with Crippen molar-refractivity contribution in [3.8, 4) is 33.4 Å². The summed E-state index contributed by atoms with van der Waals surface area (Å²) in [6.07, 6.45) is 1.84. The molecule has 0 saturated carbocycles. The first kappa shape index (κ1) is 25.2. The second-order valence-electron chi connectivity index (χ2n) is 12.0. The first-order valence-electron chi connectivity index (χ1n) is 15.7. The number of hydrogen-bond acceptors (Lipinski definition) is 2. The number of hydrogen-bond donors (Lipinski definition) is 0. The van der Waals surface area contributed by atoms with Crippen LogP contribution in [0.4, 0.5) is 0 Å². The fraction of sp³-hybridized carbons (Fsp3) is 0. The van der Waals surface area contributed by atoms with Crippen LogP contribution < -0.4 is 0 Å². The highest BCUT2D eigenvalue weighted by molar-refractivity contribution is 6.23. The zero-order valence-corrected chi connectivity index (χ0v) is 24.8. The summed E-state index contributed by atoms with van der Waals surface area (Å²) in [4.78, 5) is 0. The third-order valence-corrected chi connectivity index (χ3v) is 9.52. The fourth-order valence-corrected chi connectivity index (χ4v) is 7.44. The molecule has 10 rings (SSSR count). The van der Waals surface area contributed by atoms with Crippen molar-refractivity contribution in [2.45, 2.75) is 0 Å². The molecule has 0 radical (unpaired) electrons. The Morgan fingerprint density at radius 3 is 1.67 bits per heavy atom. The summed E-state index contributed by atoms with van der Waals surface area (Å²) in [7, 11) is 0. The zero-order chi connectivity index (χ0) is 30.2. The second-order valence-corrected chi connectivity index (χ2v) is 12.0. The Bertz CT molecular complexity index is 2740. The minimum absolute atomic E-state index is 0.826. The topological polar surface area (TPSA) is 26.3 Å². The number of rotatable bonds is 3. The van der Waals surface area contributed by atoms with Gasteiger partial charge in [0, 0.05) is 16.3 Å². The molecule has 2 heterocycles. The van der Waals surface area contributed by atoms with Crippen LogP contribution in [0.15, 0.2) is 167 Å². The lowest BCUT2D eigenvalue weighted by molar-refractivity contribution is 0.616. The maximum atomic E-state index is 6.75. The fourth-order valence-electron chi connectivity index (χ4n) is 7.44. The van der Waals surface area contributed by atoms with Crippen molar-refractivity contribution in [1.29, 1.82) is 0 Å². The maximum absolute atomic E-state index is 6.75. The van der Waals surface area contributed by atoms with Crippen molar-refractivity contribution in [2.75, 3.05) is 0 Å². The lowest BCUT2D eigenvalue weighted by Gasteiger charge is -2.18. The van der Waals surface area contributed by atoms with Crippen molar-refractivity contribution in [3.05, 3.63) is 158 Å².